The Balaban J connectivity index is 2.04. The molecule has 0 aliphatic rings. The third kappa shape index (κ3) is 2.45. The normalized spacial score (nSPS) is 10.9. The Labute approximate surface area is 128 Å². The van der Waals surface area contributed by atoms with Crippen molar-refractivity contribution in [1.29, 1.82) is 0 Å². The number of carbonyl (C=O) groups excluding carboxylic acids is 1. The largest absolute Gasteiger partial charge is 0.336 e. The number of para-hydroxylation sites is 1. The van der Waals surface area contributed by atoms with Crippen molar-refractivity contribution < 1.29 is 9.32 Å². The fourth-order valence-electron chi connectivity index (χ4n) is 2.54. The molecule has 2 aromatic heterocycles. The minimum Gasteiger partial charge on any atom is -0.336 e. The summed E-state index contributed by atoms with van der Waals surface area (Å²) in [5.74, 6) is -0.178. The first-order chi connectivity index (χ1) is 10.6. The van der Waals surface area contributed by atoms with Crippen LogP contribution in [0.4, 0.5) is 5.69 Å². The van der Waals surface area contributed by atoms with Crippen LogP contribution in [-0.2, 0) is 6.42 Å². The Morgan fingerprint density at radius 3 is 2.82 bits per heavy atom. The van der Waals surface area contributed by atoms with Crippen molar-refractivity contribution in [2.45, 2.75) is 27.2 Å². The van der Waals surface area contributed by atoms with E-state index in [0.29, 0.717) is 22.4 Å². The smallest absolute Gasteiger partial charge is 0.258 e. The molecular formula is C17H17N3O2. The van der Waals surface area contributed by atoms with Crippen molar-refractivity contribution in [1.82, 2.24) is 10.1 Å². The number of fused-ring (bicyclic) bond motifs is 1. The lowest BCUT2D eigenvalue weighted by Crippen LogP contribution is -2.14. The zero-order valence-corrected chi connectivity index (χ0v) is 12.8. The van der Waals surface area contributed by atoms with Gasteiger partial charge in [-0.2, -0.15) is 0 Å². The maximum atomic E-state index is 12.7. The van der Waals surface area contributed by atoms with E-state index in [0.717, 1.165) is 23.4 Å². The van der Waals surface area contributed by atoms with Gasteiger partial charge in [0.1, 0.15) is 0 Å². The Morgan fingerprint density at radius 1 is 1.27 bits per heavy atom. The van der Waals surface area contributed by atoms with Crippen molar-refractivity contribution in [3.63, 3.8) is 0 Å². The van der Waals surface area contributed by atoms with Gasteiger partial charge in [-0.3, -0.25) is 4.79 Å². The quantitative estimate of drug-likeness (QED) is 0.800. The molecule has 0 spiro atoms. The third-order valence-corrected chi connectivity index (χ3v) is 3.64. The van der Waals surface area contributed by atoms with Crippen LogP contribution in [0.2, 0.25) is 0 Å². The topological polar surface area (TPSA) is 68.0 Å². The molecule has 1 amide bonds. The second-order valence-electron chi connectivity index (χ2n) is 5.22. The summed E-state index contributed by atoms with van der Waals surface area (Å²) in [6.07, 6.45) is 0.855. The highest BCUT2D eigenvalue weighted by Gasteiger charge is 2.18. The van der Waals surface area contributed by atoms with E-state index in [-0.39, 0.29) is 5.91 Å². The number of hydrogen-bond acceptors (Lipinski definition) is 4. The number of aromatic nitrogens is 2. The number of nitrogens with zero attached hydrogens (tertiary/aromatic N) is 2. The second-order valence-corrected chi connectivity index (χ2v) is 5.22. The zero-order chi connectivity index (χ0) is 15.7. The summed E-state index contributed by atoms with van der Waals surface area (Å²) in [6, 6.07) is 9.55. The first-order valence-electron chi connectivity index (χ1n) is 7.23. The van der Waals surface area contributed by atoms with E-state index in [1.165, 1.54) is 0 Å². The van der Waals surface area contributed by atoms with Gasteiger partial charge in [0.25, 0.3) is 11.6 Å². The van der Waals surface area contributed by atoms with Gasteiger partial charge in [0, 0.05) is 11.4 Å². The van der Waals surface area contributed by atoms with Gasteiger partial charge in [0.15, 0.2) is 0 Å². The minimum absolute atomic E-state index is 0.178. The molecule has 22 heavy (non-hydrogen) atoms. The highest BCUT2D eigenvalue weighted by Crippen LogP contribution is 2.24. The molecular weight excluding hydrogens is 278 g/mol. The maximum absolute atomic E-state index is 12.7. The molecule has 112 valence electrons. The number of hydrogen-bond donors (Lipinski definition) is 1. The average Bonchev–Trinajstić information content (AvgIpc) is 2.88. The Bertz CT molecular complexity index is 852. The molecule has 0 aliphatic carbocycles. The minimum atomic E-state index is -0.178. The molecule has 0 saturated carbocycles. The lowest BCUT2D eigenvalue weighted by atomic mass is 10.1. The highest BCUT2D eigenvalue weighted by molar-refractivity contribution is 6.12. The van der Waals surface area contributed by atoms with E-state index >= 15 is 0 Å². The first-order valence-corrected chi connectivity index (χ1v) is 7.23. The number of carbonyl (C=O) groups is 1. The molecule has 2 heterocycles. The molecule has 0 saturated heterocycles. The van der Waals surface area contributed by atoms with Crippen LogP contribution in [0.25, 0.3) is 11.1 Å². The van der Waals surface area contributed by atoms with E-state index in [4.69, 9.17) is 4.52 Å². The first kappa shape index (κ1) is 14.3. The second kappa shape index (κ2) is 5.60. The fourth-order valence-corrected chi connectivity index (χ4v) is 2.54. The Morgan fingerprint density at radius 2 is 2.05 bits per heavy atom. The van der Waals surface area contributed by atoms with Crippen LogP contribution in [-0.4, -0.2) is 16.0 Å². The molecule has 5 nitrogen and oxygen atoms in total. The van der Waals surface area contributed by atoms with Gasteiger partial charge in [-0.1, -0.05) is 30.3 Å². The zero-order valence-electron chi connectivity index (χ0n) is 12.8. The van der Waals surface area contributed by atoms with E-state index in [1.54, 1.807) is 13.0 Å². The molecule has 3 rings (SSSR count). The summed E-state index contributed by atoms with van der Waals surface area (Å²) in [7, 11) is 0. The molecule has 1 N–H and O–H groups in total. The summed E-state index contributed by atoms with van der Waals surface area (Å²) in [6.45, 7) is 5.69. The molecule has 5 heteroatoms. The maximum Gasteiger partial charge on any atom is 0.258 e. The number of anilines is 1. The number of rotatable bonds is 3. The van der Waals surface area contributed by atoms with Crippen LogP contribution < -0.4 is 5.32 Å². The van der Waals surface area contributed by atoms with Crippen LogP contribution in [0.15, 0.2) is 34.9 Å². The van der Waals surface area contributed by atoms with Gasteiger partial charge in [-0.15, -0.1) is 0 Å². The molecule has 0 atom stereocenters. The van der Waals surface area contributed by atoms with E-state index in [9.17, 15) is 4.79 Å². The molecule has 0 fully saturated rings. The number of benzene rings is 1. The standard InChI is InChI=1S/C17H17N3O2/c1-4-12-7-5-6-8-14(12)19-16(21)13-9-10(2)18-17-15(13)11(3)20-22-17/h5-9H,4H2,1-3H3,(H,19,21). The van der Waals surface area contributed by atoms with Crippen LogP contribution in [0.5, 0.6) is 0 Å². The Hall–Kier alpha value is -2.69. The molecule has 0 aliphatic heterocycles. The molecule has 0 bridgehead atoms. The summed E-state index contributed by atoms with van der Waals surface area (Å²) in [4.78, 5) is 17.0. The van der Waals surface area contributed by atoms with Crippen LogP contribution >= 0.6 is 0 Å². The van der Waals surface area contributed by atoms with Gasteiger partial charge in [-0.25, -0.2) is 4.98 Å². The number of nitrogens with one attached hydrogen (secondary N) is 1. The van der Waals surface area contributed by atoms with Crippen molar-refractivity contribution in [3.05, 3.63) is 52.8 Å². The lowest BCUT2D eigenvalue weighted by Gasteiger charge is -2.10. The summed E-state index contributed by atoms with van der Waals surface area (Å²) >= 11 is 0. The van der Waals surface area contributed by atoms with Gasteiger partial charge in [0.2, 0.25) is 0 Å². The summed E-state index contributed by atoms with van der Waals surface area (Å²) in [5.41, 5.74) is 4.24. The number of aryl methyl sites for hydroxylation is 3. The van der Waals surface area contributed by atoms with Gasteiger partial charge >= 0.3 is 0 Å². The van der Waals surface area contributed by atoms with Gasteiger partial charge < -0.3 is 9.84 Å². The monoisotopic (exact) mass is 295 g/mol. The van der Waals surface area contributed by atoms with E-state index in [1.807, 2.05) is 31.2 Å². The van der Waals surface area contributed by atoms with E-state index < -0.39 is 0 Å². The Kier molecular flexibility index (Phi) is 3.63. The van der Waals surface area contributed by atoms with Crippen LogP contribution in [0.1, 0.15) is 34.2 Å². The highest BCUT2D eigenvalue weighted by atomic mass is 16.5. The SMILES string of the molecule is CCc1ccccc1NC(=O)c1cc(C)nc2onc(C)c12. The molecule has 1 aromatic carbocycles. The third-order valence-electron chi connectivity index (χ3n) is 3.64. The van der Waals surface area contributed by atoms with Crippen LogP contribution in [0, 0.1) is 13.8 Å². The predicted octanol–water partition coefficient (Wildman–Crippen LogP) is 3.65. The van der Waals surface area contributed by atoms with Crippen molar-refractivity contribution in [3.8, 4) is 0 Å². The molecule has 0 unspecified atom stereocenters. The van der Waals surface area contributed by atoms with Crippen molar-refractivity contribution in [2.75, 3.05) is 5.32 Å². The fraction of sp³-hybridized carbons (Fsp3) is 0.235. The van der Waals surface area contributed by atoms with Gasteiger partial charge in [-0.05, 0) is 38.0 Å². The van der Waals surface area contributed by atoms with E-state index in [2.05, 4.69) is 22.4 Å². The number of pyridine rings is 1. The average molecular weight is 295 g/mol. The number of amides is 1. The van der Waals surface area contributed by atoms with Crippen molar-refractivity contribution >= 4 is 22.7 Å². The van der Waals surface area contributed by atoms with Crippen LogP contribution in [0.3, 0.4) is 0 Å². The molecule has 0 radical (unpaired) electrons. The summed E-state index contributed by atoms with van der Waals surface area (Å²) in [5, 5.41) is 7.55. The molecule has 3 aromatic rings. The predicted molar refractivity (Wildman–Crippen MR) is 85.1 cm³/mol. The van der Waals surface area contributed by atoms with Gasteiger partial charge in [0.05, 0.1) is 16.6 Å². The summed E-state index contributed by atoms with van der Waals surface area (Å²) < 4.78 is 5.17. The lowest BCUT2D eigenvalue weighted by molar-refractivity contribution is 0.102. The van der Waals surface area contributed by atoms with Crippen molar-refractivity contribution in [2.24, 2.45) is 0 Å².